The third kappa shape index (κ3) is 7.36. The minimum atomic E-state index is -4.55. The van der Waals surface area contributed by atoms with Crippen LogP contribution in [0.5, 0.6) is 0 Å². The molecular weight excluding hydrogens is 547 g/mol. The summed E-state index contributed by atoms with van der Waals surface area (Å²) in [5.41, 5.74) is 4.95. The molecule has 1 fully saturated rings. The summed E-state index contributed by atoms with van der Waals surface area (Å²) in [5, 5.41) is 0.535. The lowest BCUT2D eigenvalue weighted by Gasteiger charge is -2.27. The topological polar surface area (TPSA) is 80.0 Å². The Morgan fingerprint density at radius 2 is 1.73 bits per heavy atom. The van der Waals surface area contributed by atoms with Crippen LogP contribution in [0.3, 0.4) is 0 Å². The molecule has 212 valence electrons. The zero-order valence-electron chi connectivity index (χ0n) is 22.0. The van der Waals surface area contributed by atoms with Crippen LogP contribution >= 0.6 is 11.9 Å². The van der Waals surface area contributed by atoms with E-state index in [9.17, 15) is 17.6 Å². The van der Waals surface area contributed by atoms with Crippen LogP contribution < -0.4 is 10.5 Å². The predicted molar refractivity (Wildman–Crippen MR) is 149 cm³/mol. The summed E-state index contributed by atoms with van der Waals surface area (Å²) in [7, 11) is 4.38. The molecule has 6 nitrogen and oxygen atoms in total. The fraction of sp³-hybridized carbons (Fsp3) is 0.321. The standard InChI is InChI=1S/C20H12F5N5S.C8H17N/c21-14-2-4-16(30-31-13-6-12(8-27-9-13)20(23,24)25)18(22)17(14)10-1-3-15-11(5-10)7-28-19(26)29-15;1-9(2)8-6-4-3-5-7-8/h1-9,30H,(H2,26,28,29);8H,3-7H2,1-2H3. The Labute approximate surface area is 233 Å². The Balaban J connectivity index is 0.000000350. The Morgan fingerprint density at radius 3 is 2.40 bits per heavy atom. The Morgan fingerprint density at radius 1 is 0.975 bits per heavy atom. The monoisotopic (exact) mass is 576 g/mol. The Hall–Kier alpha value is -3.51. The van der Waals surface area contributed by atoms with Crippen molar-refractivity contribution in [1.82, 2.24) is 19.9 Å². The SMILES string of the molecule is CN(C)C1CCCCC1.Nc1ncc2cc(-c3c(F)ccc(NSc4cncc(C(F)(F)F)c4)c3F)ccc2n1. The van der Waals surface area contributed by atoms with Crippen LogP contribution in [0.25, 0.3) is 22.0 Å². The first-order chi connectivity index (χ1) is 19.0. The average Bonchev–Trinajstić information content (AvgIpc) is 2.93. The number of pyridine rings is 1. The molecule has 0 atom stereocenters. The normalized spacial score (nSPS) is 14.2. The van der Waals surface area contributed by atoms with Gasteiger partial charge in [-0.1, -0.05) is 25.3 Å². The highest BCUT2D eigenvalue weighted by molar-refractivity contribution is 8.00. The second-order valence-corrected chi connectivity index (χ2v) is 10.5. The summed E-state index contributed by atoms with van der Waals surface area (Å²) < 4.78 is 70.7. The van der Waals surface area contributed by atoms with E-state index in [2.05, 4.69) is 38.7 Å². The predicted octanol–water partition coefficient (Wildman–Crippen LogP) is 7.57. The van der Waals surface area contributed by atoms with Crippen LogP contribution in [0.15, 0.2) is 59.9 Å². The molecule has 1 aliphatic rings. The summed E-state index contributed by atoms with van der Waals surface area (Å²) in [5.74, 6) is -1.63. The van der Waals surface area contributed by atoms with E-state index < -0.39 is 23.4 Å². The van der Waals surface area contributed by atoms with Crippen molar-refractivity contribution in [1.29, 1.82) is 0 Å². The average molecular weight is 577 g/mol. The van der Waals surface area contributed by atoms with Gasteiger partial charge >= 0.3 is 6.18 Å². The van der Waals surface area contributed by atoms with Gasteiger partial charge in [-0.15, -0.1) is 0 Å². The highest BCUT2D eigenvalue weighted by Gasteiger charge is 2.31. The number of anilines is 2. The maximum Gasteiger partial charge on any atom is 0.417 e. The zero-order valence-corrected chi connectivity index (χ0v) is 22.8. The summed E-state index contributed by atoms with van der Waals surface area (Å²) in [6.07, 6.45) is 5.98. The lowest BCUT2D eigenvalue weighted by Crippen LogP contribution is -2.29. The molecule has 1 aliphatic carbocycles. The summed E-state index contributed by atoms with van der Waals surface area (Å²) in [6.45, 7) is 0. The molecule has 4 aromatic rings. The molecular formula is C28H29F5N6S. The summed E-state index contributed by atoms with van der Waals surface area (Å²) >= 11 is 0.723. The van der Waals surface area contributed by atoms with Gasteiger partial charge in [-0.25, -0.2) is 18.7 Å². The van der Waals surface area contributed by atoms with E-state index in [0.29, 0.717) is 17.1 Å². The van der Waals surface area contributed by atoms with Crippen molar-refractivity contribution in [3.8, 4) is 11.1 Å². The summed E-state index contributed by atoms with van der Waals surface area (Å²) in [6, 6.07) is 8.56. The van der Waals surface area contributed by atoms with Crippen molar-refractivity contribution in [3.63, 3.8) is 0 Å². The van der Waals surface area contributed by atoms with E-state index >= 15 is 4.39 Å². The van der Waals surface area contributed by atoms with Gasteiger partial charge in [-0.2, -0.15) is 13.2 Å². The fourth-order valence-electron chi connectivity index (χ4n) is 4.44. The molecule has 0 bridgehead atoms. The number of nitrogens with zero attached hydrogens (tertiary/aromatic N) is 4. The first-order valence-corrected chi connectivity index (χ1v) is 13.5. The van der Waals surface area contributed by atoms with E-state index in [1.807, 2.05) is 0 Å². The molecule has 0 saturated heterocycles. The molecule has 5 rings (SSSR count). The molecule has 2 heterocycles. The van der Waals surface area contributed by atoms with Crippen LogP contribution in [0, 0.1) is 11.6 Å². The van der Waals surface area contributed by atoms with Crippen LogP contribution in [-0.2, 0) is 6.18 Å². The largest absolute Gasteiger partial charge is 0.417 e. The van der Waals surface area contributed by atoms with Gasteiger partial charge in [0.05, 0.1) is 22.3 Å². The van der Waals surface area contributed by atoms with E-state index in [1.165, 1.54) is 56.6 Å². The van der Waals surface area contributed by atoms with E-state index in [0.717, 1.165) is 36.2 Å². The van der Waals surface area contributed by atoms with Gasteiger partial charge in [0.1, 0.15) is 5.82 Å². The molecule has 3 N–H and O–H groups in total. The maximum atomic E-state index is 15.1. The maximum absolute atomic E-state index is 15.1. The fourth-order valence-corrected chi connectivity index (χ4v) is 5.13. The van der Waals surface area contributed by atoms with Gasteiger partial charge in [-0.05, 0) is 74.8 Å². The third-order valence-electron chi connectivity index (χ3n) is 6.60. The number of alkyl halides is 3. The number of hydrogen-bond donors (Lipinski definition) is 2. The van der Waals surface area contributed by atoms with Gasteiger partial charge in [0.15, 0.2) is 5.82 Å². The number of rotatable bonds is 5. The van der Waals surface area contributed by atoms with E-state index in [1.54, 1.807) is 6.07 Å². The lowest BCUT2D eigenvalue weighted by atomic mass is 9.95. The minimum absolute atomic E-state index is 0.0740. The van der Waals surface area contributed by atoms with Gasteiger partial charge in [0.25, 0.3) is 0 Å². The molecule has 40 heavy (non-hydrogen) atoms. The quantitative estimate of drug-likeness (QED) is 0.187. The van der Waals surface area contributed by atoms with E-state index in [4.69, 9.17) is 5.73 Å². The van der Waals surface area contributed by atoms with Crippen molar-refractivity contribution in [2.24, 2.45) is 0 Å². The van der Waals surface area contributed by atoms with E-state index in [-0.39, 0.29) is 27.7 Å². The Kier molecular flexibility index (Phi) is 9.41. The van der Waals surface area contributed by atoms with Crippen LogP contribution in [0.2, 0.25) is 0 Å². The number of aromatic nitrogens is 3. The first kappa shape index (κ1) is 29.5. The van der Waals surface area contributed by atoms with Gasteiger partial charge in [-0.3, -0.25) is 4.98 Å². The molecule has 1 saturated carbocycles. The molecule has 2 aromatic heterocycles. The van der Waals surface area contributed by atoms with Crippen LogP contribution in [0.1, 0.15) is 37.7 Å². The van der Waals surface area contributed by atoms with Crippen molar-refractivity contribution >= 4 is 34.5 Å². The highest BCUT2D eigenvalue weighted by atomic mass is 32.2. The van der Waals surface area contributed by atoms with Crippen LogP contribution in [-0.4, -0.2) is 40.0 Å². The molecule has 0 spiro atoms. The number of nitrogen functional groups attached to an aromatic ring is 1. The van der Waals surface area contributed by atoms with Gasteiger partial charge in [0.2, 0.25) is 5.95 Å². The van der Waals surface area contributed by atoms with Crippen molar-refractivity contribution in [2.75, 3.05) is 24.6 Å². The lowest BCUT2D eigenvalue weighted by molar-refractivity contribution is -0.138. The molecule has 0 unspecified atom stereocenters. The van der Waals surface area contributed by atoms with Crippen molar-refractivity contribution in [2.45, 2.75) is 49.2 Å². The number of benzene rings is 2. The molecule has 0 radical (unpaired) electrons. The number of nitrogens with two attached hydrogens (primary N) is 1. The Bertz CT molecular complexity index is 1460. The first-order valence-electron chi connectivity index (χ1n) is 12.6. The second-order valence-electron chi connectivity index (χ2n) is 9.65. The minimum Gasteiger partial charge on any atom is -0.368 e. The van der Waals surface area contributed by atoms with Crippen LogP contribution in [0.4, 0.5) is 33.6 Å². The zero-order chi connectivity index (χ0) is 28.9. The molecule has 12 heteroatoms. The second kappa shape index (κ2) is 12.8. The third-order valence-corrected chi connectivity index (χ3v) is 7.38. The van der Waals surface area contributed by atoms with Crippen molar-refractivity contribution < 1.29 is 22.0 Å². The number of nitrogens with one attached hydrogen (secondary N) is 1. The number of fused-ring (bicyclic) bond motifs is 1. The van der Waals surface area contributed by atoms with Gasteiger partial charge < -0.3 is 15.4 Å². The highest BCUT2D eigenvalue weighted by Crippen LogP contribution is 2.35. The molecule has 0 aliphatic heterocycles. The van der Waals surface area contributed by atoms with Gasteiger partial charge in [0, 0.05) is 34.9 Å². The van der Waals surface area contributed by atoms with Crippen molar-refractivity contribution in [3.05, 3.63) is 72.2 Å². The smallest absolute Gasteiger partial charge is 0.368 e. The molecule has 0 amide bonds. The summed E-state index contributed by atoms with van der Waals surface area (Å²) in [4.78, 5) is 13.9. The molecule has 2 aromatic carbocycles. The number of hydrogen-bond acceptors (Lipinski definition) is 7. The number of halogens is 5.